The molecule has 4 heteroatoms. The molecule has 0 amide bonds. The normalized spacial score (nSPS) is 16.5. The molecule has 0 aromatic carbocycles. The van der Waals surface area contributed by atoms with Gasteiger partial charge in [0.2, 0.25) is 0 Å². The van der Waals surface area contributed by atoms with Crippen LogP contribution in [-0.4, -0.2) is 41.9 Å². The second kappa shape index (κ2) is 3.75. The van der Waals surface area contributed by atoms with E-state index in [1.807, 2.05) is 24.1 Å². The van der Waals surface area contributed by atoms with E-state index < -0.39 is 0 Å². The first-order valence-electron chi connectivity index (χ1n) is 4.72. The third-order valence-electron chi connectivity index (χ3n) is 2.54. The highest BCUT2D eigenvalue weighted by Crippen LogP contribution is 2.11. The predicted octanol–water partition coefficient (Wildman–Crippen LogP) is 0.311. The topological polar surface area (TPSA) is 52.0 Å². The summed E-state index contributed by atoms with van der Waals surface area (Å²) < 4.78 is 0. The van der Waals surface area contributed by atoms with Crippen LogP contribution >= 0.6 is 0 Å². The number of pyridine rings is 1. The molecule has 1 aromatic heterocycles. The standard InChI is InChI=1S/C10H14N4/c1-12-9-6-14(7-9)10(11)8-3-2-4-13-5-8/h2-5,9,11-12H,6-7H2,1H3. The van der Waals surface area contributed by atoms with Crippen LogP contribution in [0.2, 0.25) is 0 Å². The van der Waals surface area contributed by atoms with Crippen molar-refractivity contribution in [3.05, 3.63) is 30.1 Å². The molecule has 1 aliphatic heterocycles. The number of rotatable bonds is 2. The maximum absolute atomic E-state index is 7.91. The fourth-order valence-corrected chi connectivity index (χ4v) is 1.53. The number of nitrogens with one attached hydrogen (secondary N) is 2. The lowest BCUT2D eigenvalue weighted by Crippen LogP contribution is -2.58. The Labute approximate surface area is 83.5 Å². The van der Waals surface area contributed by atoms with Crippen LogP contribution in [-0.2, 0) is 0 Å². The van der Waals surface area contributed by atoms with Crippen molar-refractivity contribution >= 4 is 5.84 Å². The summed E-state index contributed by atoms with van der Waals surface area (Å²) in [5.41, 5.74) is 0.891. The minimum atomic E-state index is 0.534. The van der Waals surface area contributed by atoms with Crippen molar-refractivity contribution < 1.29 is 0 Å². The summed E-state index contributed by atoms with van der Waals surface area (Å²) in [7, 11) is 1.95. The third-order valence-corrected chi connectivity index (χ3v) is 2.54. The average molecular weight is 190 g/mol. The van der Waals surface area contributed by atoms with Crippen LogP contribution in [0.15, 0.2) is 24.5 Å². The molecule has 2 rings (SSSR count). The Hall–Kier alpha value is -1.42. The first-order chi connectivity index (χ1) is 6.81. The van der Waals surface area contributed by atoms with Crippen LogP contribution in [0.4, 0.5) is 0 Å². The van der Waals surface area contributed by atoms with Gasteiger partial charge < -0.3 is 10.2 Å². The largest absolute Gasteiger partial charge is 0.353 e. The summed E-state index contributed by atoms with van der Waals surface area (Å²) in [5, 5.41) is 11.1. The number of likely N-dealkylation sites (tertiary alicyclic amines) is 1. The molecular formula is C10H14N4. The van der Waals surface area contributed by atoms with E-state index in [9.17, 15) is 0 Å². The maximum atomic E-state index is 7.91. The molecule has 2 N–H and O–H groups in total. The lowest BCUT2D eigenvalue weighted by molar-refractivity contribution is 0.224. The van der Waals surface area contributed by atoms with E-state index >= 15 is 0 Å². The van der Waals surface area contributed by atoms with E-state index in [0.29, 0.717) is 11.9 Å². The number of amidine groups is 1. The van der Waals surface area contributed by atoms with Crippen molar-refractivity contribution in [2.75, 3.05) is 20.1 Å². The average Bonchev–Trinajstić information content (AvgIpc) is 2.17. The van der Waals surface area contributed by atoms with E-state index in [1.54, 1.807) is 12.4 Å². The molecule has 0 atom stereocenters. The van der Waals surface area contributed by atoms with Gasteiger partial charge in [-0.3, -0.25) is 10.4 Å². The van der Waals surface area contributed by atoms with Gasteiger partial charge in [-0.05, 0) is 19.2 Å². The first-order valence-corrected chi connectivity index (χ1v) is 4.72. The molecule has 0 unspecified atom stereocenters. The van der Waals surface area contributed by atoms with Gasteiger partial charge >= 0.3 is 0 Å². The number of hydrogen-bond donors (Lipinski definition) is 2. The van der Waals surface area contributed by atoms with E-state index in [-0.39, 0.29) is 0 Å². The summed E-state index contributed by atoms with van der Waals surface area (Å²) in [6.07, 6.45) is 3.46. The molecule has 1 fully saturated rings. The Kier molecular flexibility index (Phi) is 2.45. The highest BCUT2D eigenvalue weighted by atomic mass is 15.3. The fourth-order valence-electron chi connectivity index (χ4n) is 1.53. The highest BCUT2D eigenvalue weighted by molar-refractivity contribution is 5.96. The van der Waals surface area contributed by atoms with Crippen molar-refractivity contribution in [3.63, 3.8) is 0 Å². The van der Waals surface area contributed by atoms with Crippen LogP contribution in [0.3, 0.4) is 0 Å². The summed E-state index contributed by atoms with van der Waals surface area (Å²) in [5.74, 6) is 0.574. The second-order valence-electron chi connectivity index (χ2n) is 3.48. The fraction of sp³-hybridized carbons (Fsp3) is 0.400. The molecule has 0 saturated carbocycles. The lowest BCUT2D eigenvalue weighted by atomic mass is 10.1. The molecule has 0 aliphatic carbocycles. The zero-order valence-electron chi connectivity index (χ0n) is 8.20. The zero-order valence-corrected chi connectivity index (χ0v) is 8.20. The van der Waals surface area contributed by atoms with Gasteiger partial charge in [-0.1, -0.05) is 0 Å². The van der Waals surface area contributed by atoms with Gasteiger partial charge in [0.25, 0.3) is 0 Å². The number of hydrogen-bond acceptors (Lipinski definition) is 3. The molecule has 4 nitrogen and oxygen atoms in total. The van der Waals surface area contributed by atoms with Crippen LogP contribution in [0.5, 0.6) is 0 Å². The van der Waals surface area contributed by atoms with Crippen molar-refractivity contribution in [1.82, 2.24) is 15.2 Å². The molecular weight excluding hydrogens is 176 g/mol. The van der Waals surface area contributed by atoms with Crippen molar-refractivity contribution in [1.29, 1.82) is 5.41 Å². The third kappa shape index (κ3) is 1.61. The molecule has 0 radical (unpaired) electrons. The Bertz CT molecular complexity index is 316. The molecule has 0 spiro atoms. The van der Waals surface area contributed by atoms with Gasteiger partial charge in [-0.15, -0.1) is 0 Å². The second-order valence-corrected chi connectivity index (χ2v) is 3.48. The summed E-state index contributed by atoms with van der Waals surface area (Å²) in [4.78, 5) is 6.04. The molecule has 0 bridgehead atoms. The molecule has 1 aromatic rings. The van der Waals surface area contributed by atoms with Gasteiger partial charge in [-0.2, -0.15) is 0 Å². The highest BCUT2D eigenvalue weighted by Gasteiger charge is 2.27. The Morgan fingerprint density at radius 2 is 2.43 bits per heavy atom. The maximum Gasteiger partial charge on any atom is 0.129 e. The quantitative estimate of drug-likeness (QED) is 0.521. The first kappa shape index (κ1) is 9.15. The smallest absolute Gasteiger partial charge is 0.129 e. The van der Waals surface area contributed by atoms with Crippen LogP contribution < -0.4 is 5.32 Å². The molecule has 1 aliphatic rings. The van der Waals surface area contributed by atoms with Crippen LogP contribution in [0, 0.1) is 5.41 Å². The van der Waals surface area contributed by atoms with Gasteiger partial charge in [0.05, 0.1) is 0 Å². The summed E-state index contributed by atoms with van der Waals surface area (Å²) >= 11 is 0. The molecule has 1 saturated heterocycles. The zero-order chi connectivity index (χ0) is 9.97. The van der Waals surface area contributed by atoms with E-state index in [2.05, 4.69) is 10.3 Å². The monoisotopic (exact) mass is 190 g/mol. The van der Waals surface area contributed by atoms with Gasteiger partial charge in [-0.25, -0.2) is 0 Å². The number of nitrogens with zero attached hydrogens (tertiary/aromatic N) is 2. The summed E-state index contributed by atoms with van der Waals surface area (Å²) in [6, 6.07) is 4.31. The van der Waals surface area contributed by atoms with Gasteiger partial charge in [0.15, 0.2) is 0 Å². The lowest BCUT2D eigenvalue weighted by Gasteiger charge is -2.40. The minimum Gasteiger partial charge on any atom is -0.353 e. The Balaban J connectivity index is 1.98. The Morgan fingerprint density at radius 1 is 1.64 bits per heavy atom. The van der Waals surface area contributed by atoms with Crippen molar-refractivity contribution in [2.45, 2.75) is 6.04 Å². The number of likely N-dealkylation sites (N-methyl/N-ethyl adjacent to an activating group) is 1. The predicted molar refractivity (Wildman–Crippen MR) is 55.5 cm³/mol. The number of aromatic nitrogens is 1. The van der Waals surface area contributed by atoms with E-state index in [1.165, 1.54) is 0 Å². The van der Waals surface area contributed by atoms with Crippen molar-refractivity contribution in [2.24, 2.45) is 0 Å². The molecule has 74 valence electrons. The summed E-state index contributed by atoms with van der Waals surface area (Å²) in [6.45, 7) is 1.84. The minimum absolute atomic E-state index is 0.534. The van der Waals surface area contributed by atoms with E-state index in [0.717, 1.165) is 18.7 Å². The molecule has 14 heavy (non-hydrogen) atoms. The Morgan fingerprint density at radius 3 is 3.00 bits per heavy atom. The van der Waals surface area contributed by atoms with Gasteiger partial charge in [0.1, 0.15) is 5.84 Å². The van der Waals surface area contributed by atoms with Gasteiger partial charge in [0, 0.05) is 37.1 Å². The van der Waals surface area contributed by atoms with Crippen LogP contribution in [0.25, 0.3) is 0 Å². The van der Waals surface area contributed by atoms with Crippen LogP contribution in [0.1, 0.15) is 5.56 Å². The molecule has 2 heterocycles. The van der Waals surface area contributed by atoms with E-state index in [4.69, 9.17) is 5.41 Å². The van der Waals surface area contributed by atoms with Crippen molar-refractivity contribution in [3.8, 4) is 0 Å². The SMILES string of the molecule is CNC1CN(C(=N)c2cccnc2)C1.